The first kappa shape index (κ1) is 14.8. The van der Waals surface area contributed by atoms with Crippen LogP contribution in [0.1, 0.15) is 37.2 Å². The Balaban J connectivity index is 1.73. The number of hydrogen-bond acceptors (Lipinski definition) is 6. The molecule has 2 aromatic rings. The minimum absolute atomic E-state index is 0.0761. The molecule has 23 heavy (non-hydrogen) atoms. The topological polar surface area (TPSA) is 92.5 Å². The maximum Gasteiger partial charge on any atom is 0.213 e. The van der Waals surface area contributed by atoms with Gasteiger partial charge in [-0.1, -0.05) is 0 Å². The molecule has 0 unspecified atom stereocenters. The van der Waals surface area contributed by atoms with Crippen LogP contribution in [0.15, 0.2) is 6.20 Å². The van der Waals surface area contributed by atoms with Crippen LogP contribution >= 0.6 is 0 Å². The number of nitrogens with zero attached hydrogens (tertiary/aromatic N) is 5. The molecule has 8 nitrogen and oxygen atoms in total. The Morgan fingerprint density at radius 2 is 2.26 bits per heavy atom. The standard InChI is InChI=1S/C14H20N6O2S/c1-2-23(21,22)19-7-3-4-10(9-19)14-18-17-12-8-16-13-11(20(12)14)5-6-15-13/h8,10,15H,2-7,9H2,1H3/t10-/m0/s1. The zero-order valence-electron chi connectivity index (χ0n) is 13.1. The summed E-state index contributed by atoms with van der Waals surface area (Å²) in [6.45, 7) is 3.64. The van der Waals surface area contributed by atoms with E-state index in [2.05, 4.69) is 24.9 Å². The Hall–Kier alpha value is -1.74. The van der Waals surface area contributed by atoms with Crippen molar-refractivity contribution in [3.8, 4) is 0 Å². The van der Waals surface area contributed by atoms with E-state index in [0.29, 0.717) is 13.1 Å². The number of sulfonamides is 1. The molecule has 0 aromatic carbocycles. The van der Waals surface area contributed by atoms with Gasteiger partial charge in [0, 0.05) is 32.0 Å². The summed E-state index contributed by atoms with van der Waals surface area (Å²) in [4.78, 5) is 4.37. The molecule has 1 fully saturated rings. The molecule has 2 aliphatic rings. The van der Waals surface area contributed by atoms with Gasteiger partial charge in [-0.25, -0.2) is 17.7 Å². The van der Waals surface area contributed by atoms with Crippen molar-refractivity contribution < 1.29 is 8.42 Å². The molecule has 4 rings (SSSR count). The fourth-order valence-corrected chi connectivity index (χ4v) is 4.68. The molecule has 0 aliphatic carbocycles. The van der Waals surface area contributed by atoms with Crippen molar-refractivity contribution in [3.63, 3.8) is 0 Å². The van der Waals surface area contributed by atoms with Crippen LogP contribution in [0.2, 0.25) is 0 Å². The largest absolute Gasteiger partial charge is 0.368 e. The van der Waals surface area contributed by atoms with Gasteiger partial charge in [0.25, 0.3) is 0 Å². The van der Waals surface area contributed by atoms with Crippen molar-refractivity contribution in [1.29, 1.82) is 0 Å². The zero-order chi connectivity index (χ0) is 16.0. The van der Waals surface area contributed by atoms with Gasteiger partial charge in [0.05, 0.1) is 17.6 Å². The van der Waals surface area contributed by atoms with Crippen molar-refractivity contribution in [2.45, 2.75) is 32.1 Å². The van der Waals surface area contributed by atoms with Crippen LogP contribution in [0.4, 0.5) is 5.82 Å². The minimum atomic E-state index is -3.16. The van der Waals surface area contributed by atoms with Gasteiger partial charge in [0.1, 0.15) is 11.6 Å². The summed E-state index contributed by atoms with van der Waals surface area (Å²) in [5, 5.41) is 11.9. The van der Waals surface area contributed by atoms with Crippen LogP contribution in [-0.4, -0.2) is 57.7 Å². The number of rotatable bonds is 3. The third-order valence-electron chi connectivity index (χ3n) is 4.73. The average molecular weight is 336 g/mol. The number of fused-ring (bicyclic) bond motifs is 3. The highest BCUT2D eigenvalue weighted by Crippen LogP contribution is 2.30. The molecule has 2 aliphatic heterocycles. The highest BCUT2D eigenvalue weighted by molar-refractivity contribution is 7.89. The summed E-state index contributed by atoms with van der Waals surface area (Å²) in [6, 6.07) is 0. The third kappa shape index (κ3) is 2.38. The summed E-state index contributed by atoms with van der Waals surface area (Å²) in [5.41, 5.74) is 1.83. The summed E-state index contributed by atoms with van der Waals surface area (Å²) < 4.78 is 28.0. The highest BCUT2D eigenvalue weighted by Gasteiger charge is 2.32. The van der Waals surface area contributed by atoms with Gasteiger partial charge in [0.2, 0.25) is 10.0 Å². The first-order valence-corrected chi connectivity index (χ1v) is 9.65. The lowest BCUT2D eigenvalue weighted by molar-refractivity contribution is 0.308. The molecule has 1 N–H and O–H groups in total. The molecule has 0 amide bonds. The second-order valence-electron chi connectivity index (χ2n) is 6.08. The lowest BCUT2D eigenvalue weighted by Gasteiger charge is -2.30. The van der Waals surface area contributed by atoms with Crippen LogP contribution in [0.25, 0.3) is 5.65 Å². The predicted octanol–water partition coefficient (Wildman–Crippen LogP) is 0.621. The highest BCUT2D eigenvalue weighted by atomic mass is 32.2. The van der Waals surface area contributed by atoms with Gasteiger partial charge >= 0.3 is 0 Å². The molecule has 0 radical (unpaired) electrons. The lowest BCUT2D eigenvalue weighted by Crippen LogP contribution is -2.40. The van der Waals surface area contributed by atoms with Crippen molar-refractivity contribution in [2.24, 2.45) is 0 Å². The number of anilines is 1. The lowest BCUT2D eigenvalue weighted by atomic mass is 9.99. The van der Waals surface area contributed by atoms with Crippen molar-refractivity contribution in [1.82, 2.24) is 23.9 Å². The fourth-order valence-electron chi connectivity index (χ4n) is 3.50. The molecule has 1 saturated heterocycles. The molecule has 2 aromatic heterocycles. The average Bonchev–Trinajstić information content (AvgIpc) is 3.20. The first-order chi connectivity index (χ1) is 11.1. The molecule has 0 spiro atoms. The van der Waals surface area contributed by atoms with E-state index in [4.69, 9.17) is 0 Å². The second-order valence-corrected chi connectivity index (χ2v) is 8.34. The first-order valence-electron chi connectivity index (χ1n) is 8.04. The second kappa shape index (κ2) is 5.41. The van der Waals surface area contributed by atoms with Crippen LogP contribution in [0.5, 0.6) is 0 Å². The van der Waals surface area contributed by atoms with Gasteiger partial charge < -0.3 is 5.32 Å². The molecular weight excluding hydrogens is 316 g/mol. The molecule has 9 heteroatoms. The number of piperidine rings is 1. The van der Waals surface area contributed by atoms with Crippen LogP contribution in [-0.2, 0) is 16.4 Å². The Kier molecular flexibility index (Phi) is 3.49. The van der Waals surface area contributed by atoms with Crippen LogP contribution in [0.3, 0.4) is 0 Å². The van der Waals surface area contributed by atoms with Crippen LogP contribution < -0.4 is 5.32 Å². The number of hydrogen-bond donors (Lipinski definition) is 1. The minimum Gasteiger partial charge on any atom is -0.368 e. The quantitative estimate of drug-likeness (QED) is 0.883. The third-order valence-corrected chi connectivity index (χ3v) is 6.58. The summed E-state index contributed by atoms with van der Waals surface area (Å²) in [6.07, 6.45) is 4.39. The van der Waals surface area contributed by atoms with Crippen molar-refractivity contribution in [2.75, 3.05) is 30.7 Å². The van der Waals surface area contributed by atoms with E-state index in [9.17, 15) is 8.42 Å². The maximum atomic E-state index is 12.2. The molecule has 4 heterocycles. The van der Waals surface area contributed by atoms with Crippen molar-refractivity contribution >= 4 is 21.5 Å². The molecule has 1 atom stereocenters. The number of aromatic nitrogens is 4. The molecule has 0 saturated carbocycles. The van der Waals surface area contributed by atoms with Gasteiger partial charge in [-0.2, -0.15) is 0 Å². The fraction of sp³-hybridized carbons (Fsp3) is 0.643. The van der Waals surface area contributed by atoms with Gasteiger partial charge in [-0.05, 0) is 19.8 Å². The van der Waals surface area contributed by atoms with E-state index < -0.39 is 10.0 Å². The SMILES string of the molecule is CCS(=O)(=O)N1CCC[C@H](c2nnc3cnc4c(n23)CCN4)C1. The number of nitrogens with one attached hydrogen (secondary N) is 1. The smallest absolute Gasteiger partial charge is 0.213 e. The molecular formula is C14H20N6O2S. The Labute approximate surface area is 135 Å². The Bertz CT molecular complexity index is 846. The maximum absolute atomic E-state index is 12.2. The van der Waals surface area contributed by atoms with E-state index in [1.54, 1.807) is 17.4 Å². The monoisotopic (exact) mass is 336 g/mol. The van der Waals surface area contributed by atoms with E-state index in [1.807, 2.05) is 0 Å². The summed E-state index contributed by atoms with van der Waals surface area (Å²) >= 11 is 0. The summed E-state index contributed by atoms with van der Waals surface area (Å²) in [7, 11) is -3.16. The van der Waals surface area contributed by atoms with Crippen molar-refractivity contribution in [3.05, 3.63) is 17.7 Å². The van der Waals surface area contributed by atoms with E-state index >= 15 is 0 Å². The zero-order valence-corrected chi connectivity index (χ0v) is 13.9. The van der Waals surface area contributed by atoms with Crippen LogP contribution in [0, 0.1) is 0 Å². The Morgan fingerprint density at radius 3 is 3.09 bits per heavy atom. The van der Waals surface area contributed by atoms with Gasteiger partial charge in [-0.3, -0.25) is 4.40 Å². The normalized spacial score (nSPS) is 22.2. The Morgan fingerprint density at radius 1 is 1.39 bits per heavy atom. The van der Waals surface area contributed by atoms with E-state index in [0.717, 1.165) is 48.8 Å². The predicted molar refractivity (Wildman–Crippen MR) is 86.0 cm³/mol. The van der Waals surface area contributed by atoms with Gasteiger partial charge in [0.15, 0.2) is 5.65 Å². The molecule has 124 valence electrons. The van der Waals surface area contributed by atoms with E-state index in [1.165, 1.54) is 0 Å². The summed E-state index contributed by atoms with van der Waals surface area (Å²) in [5.74, 6) is 1.96. The molecule has 0 bridgehead atoms. The van der Waals surface area contributed by atoms with E-state index in [-0.39, 0.29) is 11.7 Å². The van der Waals surface area contributed by atoms with Gasteiger partial charge in [-0.15, -0.1) is 10.2 Å².